The number of aromatic nitrogens is 1. The molecule has 1 fully saturated rings. The van der Waals surface area contributed by atoms with Gasteiger partial charge in [0.1, 0.15) is 5.69 Å². The van der Waals surface area contributed by atoms with Crippen molar-refractivity contribution in [2.45, 2.75) is 44.6 Å². The lowest BCUT2D eigenvalue weighted by molar-refractivity contribution is 0.0943. The van der Waals surface area contributed by atoms with Gasteiger partial charge < -0.3 is 9.84 Å². The molecule has 1 aliphatic heterocycles. The molecule has 0 unspecified atom stereocenters. The van der Waals surface area contributed by atoms with Crippen molar-refractivity contribution >= 4 is 18.2 Å². The molecule has 3 rings (SSSR count). The lowest BCUT2D eigenvalue weighted by Crippen LogP contribution is -2.20. The van der Waals surface area contributed by atoms with Crippen LogP contribution in [0.5, 0.6) is 0 Å². The number of hydrogen-bond donors (Lipinski definition) is 1. The summed E-state index contributed by atoms with van der Waals surface area (Å²) in [6, 6.07) is 12.2. The zero-order valence-corrected chi connectivity index (χ0v) is 14.0. The number of Topliss-reactive ketones (excluding diaryl/α,β-unsaturated/α-hetero) is 1. The third-order valence-electron chi connectivity index (χ3n) is 4.22. The number of unbranched alkanes of at least 4 members (excludes halogenated alkanes) is 1. The largest absolute Gasteiger partial charge is 0.352 e. The summed E-state index contributed by atoms with van der Waals surface area (Å²) in [5, 5.41) is 7.48. The topological polar surface area (TPSA) is 55.1 Å². The number of ketones is 1. The Morgan fingerprint density at radius 1 is 1.26 bits per heavy atom. The number of halogens is 1. The first-order valence-electron chi connectivity index (χ1n) is 8.11. The summed E-state index contributed by atoms with van der Waals surface area (Å²) in [7, 11) is 0. The van der Waals surface area contributed by atoms with Crippen LogP contribution in [0.2, 0.25) is 0 Å². The summed E-state index contributed by atoms with van der Waals surface area (Å²) in [6.07, 6.45) is 6.26. The van der Waals surface area contributed by atoms with Crippen molar-refractivity contribution < 1.29 is 9.32 Å². The Bertz CT molecular complexity index is 606. The maximum absolute atomic E-state index is 12.1. The predicted octanol–water partition coefficient (Wildman–Crippen LogP) is 4.26. The van der Waals surface area contributed by atoms with Crippen LogP contribution in [0.1, 0.15) is 49.1 Å². The lowest BCUT2D eigenvalue weighted by atomic mass is 10.0. The number of carbonyl (C=O) groups excluding carboxylic acids is 1. The van der Waals surface area contributed by atoms with E-state index in [4.69, 9.17) is 4.52 Å². The van der Waals surface area contributed by atoms with Crippen LogP contribution in [0.25, 0.3) is 11.3 Å². The van der Waals surface area contributed by atoms with Gasteiger partial charge in [0, 0.05) is 24.1 Å². The standard InChI is InChI=1S/C18H22N2O2.ClH/c21-17(11-5-4-9-15-10-6-12-19-15)18-13-16(20-22-18)14-7-2-1-3-8-14;/h1-3,7-8,13,15,19H,4-6,9-12H2;1H/t15-;/m0./s1. The molecule has 0 spiro atoms. The minimum Gasteiger partial charge on any atom is -0.352 e. The van der Waals surface area contributed by atoms with Crippen molar-refractivity contribution in [3.8, 4) is 11.3 Å². The van der Waals surface area contributed by atoms with Crippen molar-refractivity contribution in [1.29, 1.82) is 0 Å². The van der Waals surface area contributed by atoms with Crippen LogP contribution < -0.4 is 5.32 Å². The number of carbonyl (C=O) groups is 1. The van der Waals surface area contributed by atoms with Gasteiger partial charge in [0.2, 0.25) is 11.5 Å². The van der Waals surface area contributed by atoms with Crippen LogP contribution in [0.4, 0.5) is 0 Å². The van der Waals surface area contributed by atoms with Gasteiger partial charge in [-0.15, -0.1) is 12.4 Å². The fourth-order valence-electron chi connectivity index (χ4n) is 2.95. The van der Waals surface area contributed by atoms with Crippen LogP contribution in [0, 0.1) is 0 Å². The van der Waals surface area contributed by atoms with Gasteiger partial charge in [0.15, 0.2) is 0 Å². The monoisotopic (exact) mass is 334 g/mol. The van der Waals surface area contributed by atoms with E-state index in [1.165, 1.54) is 19.3 Å². The molecule has 1 N–H and O–H groups in total. The van der Waals surface area contributed by atoms with Gasteiger partial charge in [-0.2, -0.15) is 0 Å². The predicted molar refractivity (Wildman–Crippen MR) is 93.0 cm³/mol. The number of benzene rings is 1. The van der Waals surface area contributed by atoms with Crippen LogP contribution in [0.15, 0.2) is 40.9 Å². The van der Waals surface area contributed by atoms with Crippen LogP contribution in [-0.2, 0) is 0 Å². The molecule has 1 aromatic heterocycles. The molecule has 1 atom stereocenters. The summed E-state index contributed by atoms with van der Waals surface area (Å²) < 4.78 is 5.20. The minimum atomic E-state index is 0. The quantitative estimate of drug-likeness (QED) is 0.607. The Hall–Kier alpha value is -1.65. The molecule has 2 aromatic rings. The van der Waals surface area contributed by atoms with Gasteiger partial charge in [0.05, 0.1) is 0 Å². The Kier molecular flexibility index (Phi) is 6.81. The van der Waals surface area contributed by atoms with E-state index in [-0.39, 0.29) is 18.2 Å². The molecule has 1 aromatic carbocycles. The van der Waals surface area contributed by atoms with Crippen LogP contribution in [0.3, 0.4) is 0 Å². The second-order valence-corrected chi connectivity index (χ2v) is 5.90. The molecule has 4 nitrogen and oxygen atoms in total. The molecule has 0 bridgehead atoms. The number of nitrogens with zero attached hydrogens (tertiary/aromatic N) is 1. The zero-order valence-electron chi connectivity index (χ0n) is 13.2. The van der Waals surface area contributed by atoms with E-state index in [1.54, 1.807) is 6.07 Å². The van der Waals surface area contributed by atoms with Gasteiger partial charge in [0.25, 0.3) is 0 Å². The third-order valence-corrected chi connectivity index (χ3v) is 4.22. The number of rotatable bonds is 7. The van der Waals surface area contributed by atoms with Crippen molar-refractivity contribution in [3.63, 3.8) is 0 Å². The van der Waals surface area contributed by atoms with Gasteiger partial charge >= 0.3 is 0 Å². The first kappa shape index (κ1) is 17.7. The molecule has 1 aliphatic rings. The van der Waals surface area contributed by atoms with E-state index in [0.717, 1.165) is 30.6 Å². The zero-order chi connectivity index (χ0) is 15.2. The highest BCUT2D eigenvalue weighted by atomic mass is 35.5. The fourth-order valence-corrected chi connectivity index (χ4v) is 2.95. The summed E-state index contributed by atoms with van der Waals surface area (Å²) in [5.41, 5.74) is 1.69. The van der Waals surface area contributed by atoms with E-state index >= 15 is 0 Å². The van der Waals surface area contributed by atoms with E-state index in [9.17, 15) is 4.79 Å². The molecule has 0 amide bonds. The number of nitrogens with one attached hydrogen (secondary N) is 1. The average molecular weight is 335 g/mol. The van der Waals surface area contributed by atoms with Gasteiger partial charge in [-0.3, -0.25) is 4.79 Å². The van der Waals surface area contributed by atoms with Crippen molar-refractivity contribution in [2.75, 3.05) is 6.54 Å². The summed E-state index contributed by atoms with van der Waals surface area (Å²) in [4.78, 5) is 12.1. The Morgan fingerprint density at radius 2 is 2.09 bits per heavy atom. The molecule has 2 heterocycles. The third kappa shape index (κ3) is 4.91. The average Bonchev–Trinajstić information content (AvgIpc) is 3.24. The Balaban J connectivity index is 0.00000192. The maximum atomic E-state index is 12.1. The molecule has 23 heavy (non-hydrogen) atoms. The maximum Gasteiger partial charge on any atom is 0.203 e. The normalized spacial score (nSPS) is 17.0. The van der Waals surface area contributed by atoms with Crippen LogP contribution >= 0.6 is 12.4 Å². The lowest BCUT2D eigenvalue weighted by Gasteiger charge is -2.08. The smallest absolute Gasteiger partial charge is 0.203 e. The fraction of sp³-hybridized carbons (Fsp3) is 0.444. The van der Waals surface area contributed by atoms with Gasteiger partial charge in [-0.05, 0) is 32.2 Å². The molecule has 0 aliphatic carbocycles. The van der Waals surface area contributed by atoms with Crippen LogP contribution in [-0.4, -0.2) is 23.5 Å². The Morgan fingerprint density at radius 3 is 2.83 bits per heavy atom. The summed E-state index contributed by atoms with van der Waals surface area (Å²) >= 11 is 0. The van der Waals surface area contributed by atoms with Crippen molar-refractivity contribution in [1.82, 2.24) is 10.5 Å². The van der Waals surface area contributed by atoms with E-state index in [1.807, 2.05) is 30.3 Å². The van der Waals surface area contributed by atoms with Crippen molar-refractivity contribution in [2.24, 2.45) is 0 Å². The second kappa shape index (κ2) is 8.85. The molecule has 0 saturated carbocycles. The van der Waals surface area contributed by atoms with Gasteiger partial charge in [-0.25, -0.2) is 0 Å². The second-order valence-electron chi connectivity index (χ2n) is 5.90. The van der Waals surface area contributed by atoms with E-state index in [2.05, 4.69) is 10.5 Å². The highest BCUT2D eigenvalue weighted by molar-refractivity contribution is 5.94. The highest BCUT2D eigenvalue weighted by Gasteiger charge is 2.15. The van der Waals surface area contributed by atoms with Gasteiger partial charge in [-0.1, -0.05) is 41.9 Å². The SMILES string of the molecule is Cl.O=C(CCCC[C@H]1CCCN1)c1cc(-c2ccccc2)no1. The first-order valence-corrected chi connectivity index (χ1v) is 8.11. The van der Waals surface area contributed by atoms with E-state index in [0.29, 0.717) is 18.2 Å². The summed E-state index contributed by atoms with van der Waals surface area (Å²) in [6.45, 7) is 1.14. The Labute approximate surface area is 143 Å². The molecule has 1 saturated heterocycles. The van der Waals surface area contributed by atoms with Crippen molar-refractivity contribution in [3.05, 3.63) is 42.2 Å². The molecular formula is C18H23ClN2O2. The molecular weight excluding hydrogens is 312 g/mol. The summed E-state index contributed by atoms with van der Waals surface area (Å²) in [5.74, 6) is 0.423. The molecule has 0 radical (unpaired) electrons. The molecule has 124 valence electrons. The highest BCUT2D eigenvalue weighted by Crippen LogP contribution is 2.20. The first-order chi connectivity index (χ1) is 10.8. The molecule has 5 heteroatoms. The van der Waals surface area contributed by atoms with E-state index < -0.39 is 0 Å². The minimum absolute atomic E-state index is 0. The number of hydrogen-bond acceptors (Lipinski definition) is 4.